The molecule has 0 atom stereocenters. The van der Waals surface area contributed by atoms with Gasteiger partial charge in [0.2, 0.25) is 5.95 Å². The van der Waals surface area contributed by atoms with E-state index in [2.05, 4.69) is 36.0 Å². The Morgan fingerprint density at radius 3 is 2.61 bits per heavy atom. The van der Waals surface area contributed by atoms with Gasteiger partial charge in [0.25, 0.3) is 0 Å². The van der Waals surface area contributed by atoms with Crippen LogP contribution in [-0.2, 0) is 5.75 Å². The van der Waals surface area contributed by atoms with Crippen LogP contribution in [0.4, 0.5) is 5.95 Å². The topological polar surface area (TPSA) is 69.6 Å². The van der Waals surface area contributed by atoms with E-state index >= 15 is 0 Å². The molecule has 0 aliphatic rings. The quantitative estimate of drug-likeness (QED) is 0.874. The summed E-state index contributed by atoms with van der Waals surface area (Å²) in [5, 5.41) is 10.0. The fraction of sp³-hybridized carbons (Fsp3) is 0.545. The van der Waals surface area contributed by atoms with Crippen LogP contribution >= 0.6 is 23.1 Å². The normalized spacial score (nSPS) is 11.4. The minimum Gasteiger partial charge on any atom is -0.368 e. The number of hydrogen-bond donors (Lipinski definition) is 1. The second kappa shape index (κ2) is 5.27. The number of nitrogens with zero attached hydrogens (tertiary/aromatic N) is 4. The maximum Gasteiger partial charge on any atom is 0.222 e. The van der Waals surface area contributed by atoms with E-state index in [1.165, 1.54) is 4.88 Å². The van der Waals surface area contributed by atoms with Crippen molar-refractivity contribution in [2.24, 2.45) is 0 Å². The number of aryl methyl sites for hydroxylation is 2. The van der Waals surface area contributed by atoms with Crippen molar-refractivity contribution in [3.63, 3.8) is 0 Å². The molecule has 98 valence electrons. The minimum atomic E-state index is 0.266. The average Bonchev–Trinajstić information content (AvgIpc) is 2.80. The van der Waals surface area contributed by atoms with Gasteiger partial charge in [-0.15, -0.1) is 21.5 Å². The molecule has 0 saturated heterocycles. The molecule has 2 heterocycles. The van der Waals surface area contributed by atoms with E-state index in [1.54, 1.807) is 23.1 Å². The lowest BCUT2D eigenvalue weighted by Crippen LogP contribution is -2.06. The summed E-state index contributed by atoms with van der Waals surface area (Å²) in [5.74, 6) is 1.28. The van der Waals surface area contributed by atoms with Gasteiger partial charge >= 0.3 is 0 Å². The number of aromatic nitrogens is 4. The summed E-state index contributed by atoms with van der Waals surface area (Å²) in [4.78, 5) is 5.79. The molecule has 0 radical (unpaired) electrons. The first-order chi connectivity index (χ1) is 8.49. The van der Waals surface area contributed by atoms with E-state index in [0.29, 0.717) is 5.95 Å². The highest BCUT2D eigenvalue weighted by molar-refractivity contribution is 7.98. The fourth-order valence-electron chi connectivity index (χ4n) is 1.60. The molecule has 0 unspecified atom stereocenters. The Bertz CT molecular complexity index is 524. The third-order valence-electron chi connectivity index (χ3n) is 2.60. The zero-order valence-electron chi connectivity index (χ0n) is 11.0. The van der Waals surface area contributed by atoms with Crippen molar-refractivity contribution in [1.29, 1.82) is 0 Å². The molecule has 0 spiro atoms. The van der Waals surface area contributed by atoms with Crippen LogP contribution in [0, 0.1) is 13.8 Å². The van der Waals surface area contributed by atoms with E-state index in [1.807, 2.05) is 11.5 Å². The number of nitrogens with two attached hydrogens (primary N) is 1. The molecule has 2 rings (SSSR count). The van der Waals surface area contributed by atoms with E-state index in [4.69, 9.17) is 5.73 Å². The summed E-state index contributed by atoms with van der Waals surface area (Å²) in [6.45, 7) is 8.27. The monoisotopic (exact) mass is 283 g/mol. The molecule has 0 fully saturated rings. The molecule has 0 amide bonds. The van der Waals surface area contributed by atoms with Crippen LogP contribution in [0.5, 0.6) is 0 Å². The maximum atomic E-state index is 5.80. The highest BCUT2D eigenvalue weighted by atomic mass is 32.2. The second-order valence-electron chi connectivity index (χ2n) is 4.34. The van der Waals surface area contributed by atoms with Crippen molar-refractivity contribution < 1.29 is 0 Å². The summed E-state index contributed by atoms with van der Waals surface area (Å²) in [6, 6.07) is 0.266. The van der Waals surface area contributed by atoms with Gasteiger partial charge in [-0.05, 0) is 27.7 Å². The molecule has 2 aromatic heterocycles. The van der Waals surface area contributed by atoms with Gasteiger partial charge in [0, 0.05) is 10.9 Å². The predicted octanol–water partition coefficient (Wildman–Crippen LogP) is 2.81. The molecule has 18 heavy (non-hydrogen) atoms. The largest absolute Gasteiger partial charge is 0.368 e. The first-order valence-corrected chi connectivity index (χ1v) is 7.55. The van der Waals surface area contributed by atoms with Crippen LogP contribution < -0.4 is 5.73 Å². The van der Waals surface area contributed by atoms with Gasteiger partial charge in [-0.1, -0.05) is 11.8 Å². The van der Waals surface area contributed by atoms with Crippen LogP contribution in [0.25, 0.3) is 0 Å². The molecule has 7 heteroatoms. The standard InChI is InChI=1S/C11H17N5S2/c1-6(2)16-10(12)14-15-11(16)17-5-9-13-7(3)8(4)18-9/h6H,5H2,1-4H3,(H2,12,14). The summed E-state index contributed by atoms with van der Waals surface area (Å²) in [6.07, 6.45) is 0. The molecule has 0 aliphatic heterocycles. The van der Waals surface area contributed by atoms with E-state index < -0.39 is 0 Å². The first-order valence-electron chi connectivity index (χ1n) is 5.75. The maximum absolute atomic E-state index is 5.80. The van der Waals surface area contributed by atoms with Crippen LogP contribution in [0.15, 0.2) is 5.16 Å². The highest BCUT2D eigenvalue weighted by Gasteiger charge is 2.14. The first kappa shape index (κ1) is 13.4. The summed E-state index contributed by atoms with van der Waals surface area (Å²) in [7, 11) is 0. The van der Waals surface area contributed by atoms with Crippen molar-refractivity contribution in [1.82, 2.24) is 19.7 Å². The van der Waals surface area contributed by atoms with Gasteiger partial charge < -0.3 is 5.73 Å². The van der Waals surface area contributed by atoms with Crippen LogP contribution in [-0.4, -0.2) is 19.7 Å². The van der Waals surface area contributed by atoms with Gasteiger partial charge in [-0.25, -0.2) is 4.98 Å². The Hall–Kier alpha value is -1.08. The Balaban J connectivity index is 2.11. The Morgan fingerprint density at radius 1 is 1.33 bits per heavy atom. The molecule has 5 nitrogen and oxygen atoms in total. The van der Waals surface area contributed by atoms with Gasteiger partial charge in [-0.3, -0.25) is 4.57 Å². The summed E-state index contributed by atoms with van der Waals surface area (Å²) >= 11 is 3.36. The molecule has 0 bridgehead atoms. The zero-order valence-corrected chi connectivity index (χ0v) is 12.6. The Morgan fingerprint density at radius 2 is 2.06 bits per heavy atom. The van der Waals surface area contributed by atoms with Crippen molar-refractivity contribution in [3.05, 3.63) is 15.6 Å². The van der Waals surface area contributed by atoms with Crippen LogP contribution in [0.3, 0.4) is 0 Å². The second-order valence-corrected chi connectivity index (χ2v) is 6.57. The van der Waals surface area contributed by atoms with Crippen molar-refractivity contribution in [2.75, 3.05) is 5.73 Å². The molecule has 2 N–H and O–H groups in total. The molecule has 2 aromatic rings. The molecule has 0 aromatic carbocycles. The van der Waals surface area contributed by atoms with Gasteiger partial charge in [0.1, 0.15) is 5.01 Å². The fourth-order valence-corrected chi connectivity index (χ4v) is 3.60. The average molecular weight is 283 g/mol. The Kier molecular flexibility index (Phi) is 3.91. The van der Waals surface area contributed by atoms with Crippen molar-refractivity contribution in [2.45, 2.75) is 44.6 Å². The van der Waals surface area contributed by atoms with Gasteiger partial charge in [0.05, 0.1) is 11.4 Å². The molecule has 0 aliphatic carbocycles. The molecular weight excluding hydrogens is 266 g/mol. The summed E-state index contributed by atoms with van der Waals surface area (Å²) < 4.78 is 1.94. The summed E-state index contributed by atoms with van der Waals surface area (Å²) in [5.41, 5.74) is 6.91. The third kappa shape index (κ3) is 2.67. The van der Waals surface area contributed by atoms with E-state index in [-0.39, 0.29) is 6.04 Å². The van der Waals surface area contributed by atoms with Crippen molar-refractivity contribution in [3.8, 4) is 0 Å². The minimum absolute atomic E-state index is 0.266. The molecule has 0 saturated carbocycles. The Labute approximate surface area is 115 Å². The third-order valence-corrected chi connectivity index (χ3v) is 4.81. The lowest BCUT2D eigenvalue weighted by Gasteiger charge is -2.10. The van der Waals surface area contributed by atoms with E-state index in [0.717, 1.165) is 21.6 Å². The number of thiazole rings is 1. The van der Waals surface area contributed by atoms with Crippen LogP contribution in [0.2, 0.25) is 0 Å². The number of hydrogen-bond acceptors (Lipinski definition) is 6. The number of anilines is 1. The molecular formula is C11H17N5S2. The van der Waals surface area contributed by atoms with Crippen molar-refractivity contribution >= 4 is 29.0 Å². The lowest BCUT2D eigenvalue weighted by atomic mass is 10.4. The number of thioether (sulfide) groups is 1. The smallest absolute Gasteiger partial charge is 0.222 e. The highest BCUT2D eigenvalue weighted by Crippen LogP contribution is 2.28. The lowest BCUT2D eigenvalue weighted by molar-refractivity contribution is 0.557. The van der Waals surface area contributed by atoms with Gasteiger partial charge in [0.15, 0.2) is 5.16 Å². The predicted molar refractivity (Wildman–Crippen MR) is 76.0 cm³/mol. The number of rotatable bonds is 4. The number of nitrogen functional groups attached to an aromatic ring is 1. The van der Waals surface area contributed by atoms with Gasteiger partial charge in [-0.2, -0.15) is 0 Å². The van der Waals surface area contributed by atoms with E-state index in [9.17, 15) is 0 Å². The zero-order chi connectivity index (χ0) is 13.3. The SMILES string of the molecule is Cc1nc(CSc2nnc(N)n2C(C)C)sc1C. The van der Waals surface area contributed by atoms with Crippen LogP contribution in [0.1, 0.15) is 35.5 Å².